The van der Waals surface area contributed by atoms with E-state index in [1.807, 2.05) is 18.2 Å². The number of halogens is 1. The Morgan fingerprint density at radius 2 is 2.28 bits per heavy atom. The van der Waals surface area contributed by atoms with Crippen LogP contribution in [0.1, 0.15) is 12.0 Å². The average molecular weight is 270 g/mol. The van der Waals surface area contributed by atoms with Gasteiger partial charge in [0, 0.05) is 5.88 Å². The molecule has 0 aliphatic carbocycles. The number of carbonyl (C=O) groups excluding carboxylic acids is 1. The van der Waals surface area contributed by atoms with E-state index in [-0.39, 0.29) is 5.76 Å². The summed E-state index contributed by atoms with van der Waals surface area (Å²) in [5.74, 6) is 0.694. The zero-order chi connectivity index (χ0) is 13.4. The number of carbonyl (C=O) groups is 1. The maximum Gasteiger partial charge on any atom is 0.283 e. The molecule has 18 heavy (non-hydrogen) atoms. The minimum Gasteiger partial charge on any atom is -0.497 e. The number of nitrogens with two attached hydrogens (primary N) is 1. The van der Waals surface area contributed by atoms with Crippen molar-refractivity contribution in [2.45, 2.75) is 6.42 Å². The fraction of sp³-hybridized carbons (Fsp3) is 0.308. The second kappa shape index (κ2) is 7.61. The van der Waals surface area contributed by atoms with Crippen LogP contribution >= 0.6 is 11.6 Å². The number of ether oxygens (including phenoxy) is 2. The summed E-state index contributed by atoms with van der Waals surface area (Å²) in [4.78, 5) is 11.2. The lowest BCUT2D eigenvalue weighted by Crippen LogP contribution is -2.16. The predicted octanol–water partition coefficient (Wildman–Crippen LogP) is 2.17. The number of rotatable bonds is 7. The molecule has 2 N–H and O–H groups in total. The van der Waals surface area contributed by atoms with E-state index in [4.69, 9.17) is 26.8 Å². The van der Waals surface area contributed by atoms with Crippen LogP contribution in [0.2, 0.25) is 0 Å². The van der Waals surface area contributed by atoms with Gasteiger partial charge in [-0.3, -0.25) is 4.79 Å². The third-order valence-electron chi connectivity index (χ3n) is 2.17. The van der Waals surface area contributed by atoms with Crippen LogP contribution in [0.25, 0.3) is 6.08 Å². The van der Waals surface area contributed by atoms with Gasteiger partial charge in [-0.05, 0) is 30.2 Å². The first-order chi connectivity index (χ1) is 8.67. The van der Waals surface area contributed by atoms with E-state index in [0.717, 1.165) is 5.56 Å². The Hall–Kier alpha value is -1.68. The van der Waals surface area contributed by atoms with Crippen LogP contribution in [0.4, 0.5) is 0 Å². The minimum atomic E-state index is -0.604. The normalized spacial score (nSPS) is 11.1. The van der Waals surface area contributed by atoms with Crippen molar-refractivity contribution in [3.05, 3.63) is 35.6 Å². The molecule has 4 nitrogen and oxygen atoms in total. The molecule has 0 radical (unpaired) electrons. The smallest absolute Gasteiger partial charge is 0.283 e. The Labute approximate surface area is 111 Å². The van der Waals surface area contributed by atoms with Crippen LogP contribution in [0, 0.1) is 0 Å². The van der Waals surface area contributed by atoms with Crippen LogP contribution in [0.5, 0.6) is 5.75 Å². The third-order valence-corrected chi connectivity index (χ3v) is 2.44. The summed E-state index contributed by atoms with van der Waals surface area (Å²) in [5.41, 5.74) is 6.03. The highest BCUT2D eigenvalue weighted by Gasteiger charge is 2.06. The van der Waals surface area contributed by atoms with Crippen molar-refractivity contribution in [2.24, 2.45) is 5.73 Å². The molecule has 0 aliphatic rings. The highest BCUT2D eigenvalue weighted by Crippen LogP contribution is 2.15. The van der Waals surface area contributed by atoms with Gasteiger partial charge in [0.2, 0.25) is 0 Å². The monoisotopic (exact) mass is 269 g/mol. The highest BCUT2D eigenvalue weighted by molar-refractivity contribution is 6.17. The largest absolute Gasteiger partial charge is 0.497 e. The maximum absolute atomic E-state index is 11.2. The van der Waals surface area contributed by atoms with Crippen molar-refractivity contribution in [3.8, 4) is 5.75 Å². The number of hydrogen-bond acceptors (Lipinski definition) is 3. The summed E-state index contributed by atoms with van der Waals surface area (Å²) in [5, 5.41) is 0. The zero-order valence-electron chi connectivity index (χ0n) is 10.2. The number of hydrogen-bond donors (Lipinski definition) is 1. The van der Waals surface area contributed by atoms with Gasteiger partial charge < -0.3 is 15.2 Å². The van der Waals surface area contributed by atoms with Crippen molar-refractivity contribution in [1.29, 1.82) is 0 Å². The Morgan fingerprint density at radius 3 is 2.89 bits per heavy atom. The van der Waals surface area contributed by atoms with Crippen LogP contribution in [0.15, 0.2) is 30.0 Å². The second-order valence-corrected chi connectivity index (χ2v) is 3.92. The van der Waals surface area contributed by atoms with Crippen LogP contribution in [0.3, 0.4) is 0 Å². The Balaban J connectivity index is 2.82. The summed E-state index contributed by atoms with van der Waals surface area (Å²) in [7, 11) is 1.58. The average Bonchev–Trinajstić information content (AvgIpc) is 2.38. The molecule has 0 unspecified atom stereocenters. The molecule has 0 aliphatic heterocycles. The molecule has 0 saturated heterocycles. The third kappa shape index (κ3) is 4.67. The number of methoxy groups -OCH3 is 1. The van der Waals surface area contributed by atoms with Crippen LogP contribution in [-0.4, -0.2) is 25.5 Å². The molecule has 1 aromatic rings. The lowest BCUT2D eigenvalue weighted by Gasteiger charge is -2.07. The molecule has 1 amide bonds. The topological polar surface area (TPSA) is 61.6 Å². The van der Waals surface area contributed by atoms with Gasteiger partial charge in [0.15, 0.2) is 5.76 Å². The molecule has 0 fully saturated rings. The standard InChI is InChI=1S/C13H16ClNO3/c1-17-11-5-2-4-10(8-11)9-12(13(15)16)18-7-3-6-14/h2,4-5,8-9H,3,6-7H2,1H3,(H2,15,16). The molecule has 1 rings (SSSR count). The SMILES string of the molecule is COc1cccc(C=C(OCCCCl)C(N)=O)c1. The molecular formula is C13H16ClNO3. The van der Waals surface area contributed by atoms with Gasteiger partial charge in [0.05, 0.1) is 13.7 Å². The van der Waals surface area contributed by atoms with E-state index in [0.29, 0.717) is 24.7 Å². The van der Waals surface area contributed by atoms with Crippen LogP contribution < -0.4 is 10.5 Å². The Morgan fingerprint density at radius 1 is 1.50 bits per heavy atom. The summed E-state index contributed by atoms with van der Waals surface area (Å²) < 4.78 is 10.4. The van der Waals surface area contributed by atoms with Crippen molar-refractivity contribution >= 4 is 23.6 Å². The number of amides is 1. The molecule has 0 aromatic heterocycles. The van der Waals surface area contributed by atoms with Gasteiger partial charge in [-0.2, -0.15) is 0 Å². The molecule has 0 heterocycles. The van der Waals surface area contributed by atoms with Crippen molar-refractivity contribution in [3.63, 3.8) is 0 Å². The summed E-state index contributed by atoms with van der Waals surface area (Å²) in [6.45, 7) is 0.363. The maximum atomic E-state index is 11.2. The first-order valence-electron chi connectivity index (χ1n) is 5.51. The fourth-order valence-corrected chi connectivity index (χ4v) is 1.41. The summed E-state index contributed by atoms with van der Waals surface area (Å²) >= 11 is 5.53. The number of primary amides is 1. The van der Waals surface area contributed by atoms with E-state index in [1.165, 1.54) is 0 Å². The quantitative estimate of drug-likeness (QED) is 0.357. The lowest BCUT2D eigenvalue weighted by atomic mass is 10.2. The number of benzene rings is 1. The summed E-state index contributed by atoms with van der Waals surface area (Å²) in [6.07, 6.45) is 2.24. The number of alkyl halides is 1. The van der Waals surface area contributed by atoms with E-state index >= 15 is 0 Å². The van der Waals surface area contributed by atoms with Crippen molar-refractivity contribution < 1.29 is 14.3 Å². The minimum absolute atomic E-state index is 0.119. The molecule has 0 saturated carbocycles. The van der Waals surface area contributed by atoms with Crippen molar-refractivity contribution in [2.75, 3.05) is 19.6 Å². The van der Waals surface area contributed by atoms with E-state index in [2.05, 4.69) is 0 Å². The lowest BCUT2D eigenvalue weighted by molar-refractivity contribution is -0.117. The fourth-order valence-electron chi connectivity index (χ4n) is 1.30. The Kier molecular flexibility index (Phi) is 6.08. The second-order valence-electron chi connectivity index (χ2n) is 3.54. The van der Waals surface area contributed by atoms with E-state index in [9.17, 15) is 4.79 Å². The molecular weight excluding hydrogens is 254 g/mol. The van der Waals surface area contributed by atoms with E-state index in [1.54, 1.807) is 19.3 Å². The molecule has 0 atom stereocenters. The molecule has 98 valence electrons. The zero-order valence-corrected chi connectivity index (χ0v) is 10.9. The molecule has 0 spiro atoms. The first kappa shape index (κ1) is 14.4. The van der Waals surface area contributed by atoms with Gasteiger partial charge in [-0.1, -0.05) is 12.1 Å². The molecule has 1 aromatic carbocycles. The predicted molar refractivity (Wildman–Crippen MR) is 71.5 cm³/mol. The first-order valence-corrected chi connectivity index (χ1v) is 6.05. The van der Waals surface area contributed by atoms with Gasteiger partial charge >= 0.3 is 0 Å². The van der Waals surface area contributed by atoms with Crippen molar-refractivity contribution in [1.82, 2.24) is 0 Å². The molecule has 5 heteroatoms. The van der Waals surface area contributed by atoms with Gasteiger partial charge in [0.1, 0.15) is 5.75 Å². The molecule has 0 bridgehead atoms. The van der Waals surface area contributed by atoms with Gasteiger partial charge in [-0.15, -0.1) is 11.6 Å². The van der Waals surface area contributed by atoms with E-state index < -0.39 is 5.91 Å². The van der Waals surface area contributed by atoms with Crippen LogP contribution in [-0.2, 0) is 9.53 Å². The van der Waals surface area contributed by atoms with Gasteiger partial charge in [-0.25, -0.2) is 0 Å². The van der Waals surface area contributed by atoms with Gasteiger partial charge in [0.25, 0.3) is 5.91 Å². The summed E-state index contributed by atoms with van der Waals surface area (Å²) in [6, 6.07) is 7.25. The highest BCUT2D eigenvalue weighted by atomic mass is 35.5. The Bertz CT molecular complexity index is 432.